The van der Waals surface area contributed by atoms with E-state index in [1.54, 1.807) is 12.1 Å². The first-order valence-electron chi connectivity index (χ1n) is 6.82. The average molecular weight is 292 g/mol. The summed E-state index contributed by atoms with van der Waals surface area (Å²) < 4.78 is 5.99. The van der Waals surface area contributed by atoms with Crippen LogP contribution in [0.15, 0.2) is 18.2 Å². The van der Waals surface area contributed by atoms with E-state index in [-0.39, 0.29) is 5.69 Å². The highest BCUT2D eigenvalue weighted by Gasteiger charge is 2.39. The van der Waals surface area contributed by atoms with Crippen LogP contribution in [0.25, 0.3) is 0 Å². The number of carbonyl (C=O) groups excluding carboxylic acids is 1. The second-order valence-corrected chi connectivity index (χ2v) is 6.60. The van der Waals surface area contributed by atoms with Crippen molar-refractivity contribution in [3.05, 3.63) is 33.9 Å². The Labute approximate surface area is 123 Å². The van der Waals surface area contributed by atoms with Crippen molar-refractivity contribution in [2.24, 2.45) is 0 Å². The van der Waals surface area contributed by atoms with Crippen molar-refractivity contribution in [3.8, 4) is 0 Å². The quantitative estimate of drug-likeness (QED) is 0.486. The summed E-state index contributed by atoms with van der Waals surface area (Å²) >= 11 is 0. The maximum absolute atomic E-state index is 11.3. The van der Waals surface area contributed by atoms with Crippen LogP contribution in [0.1, 0.15) is 38.1 Å². The second kappa shape index (κ2) is 5.11. The summed E-state index contributed by atoms with van der Waals surface area (Å²) in [6.07, 6.45) is 0.615. The van der Waals surface area contributed by atoms with E-state index in [4.69, 9.17) is 4.74 Å². The highest BCUT2D eigenvalue weighted by molar-refractivity contribution is 5.79. The number of hydrogen-bond donors (Lipinski definition) is 0. The minimum absolute atomic E-state index is 0.0481. The third kappa shape index (κ3) is 3.39. The van der Waals surface area contributed by atoms with Gasteiger partial charge >= 0.3 is 0 Å². The zero-order valence-corrected chi connectivity index (χ0v) is 12.8. The van der Waals surface area contributed by atoms with Gasteiger partial charge in [0.2, 0.25) is 0 Å². The SMILES string of the molecule is CC1(C)CN(c2ccc(C=O)cc2[N+](=O)[O-])CC(C)(C)O1. The molecular weight excluding hydrogens is 272 g/mol. The van der Waals surface area contributed by atoms with Crippen LogP contribution in [-0.4, -0.2) is 35.5 Å². The molecule has 0 atom stereocenters. The first kappa shape index (κ1) is 15.4. The number of nitrogens with zero attached hydrogens (tertiary/aromatic N) is 2. The molecule has 0 spiro atoms. The molecule has 114 valence electrons. The molecule has 0 radical (unpaired) electrons. The summed E-state index contributed by atoms with van der Waals surface area (Å²) in [6, 6.07) is 4.56. The third-order valence-corrected chi connectivity index (χ3v) is 3.37. The predicted octanol–water partition coefficient (Wildman–Crippen LogP) is 2.80. The summed E-state index contributed by atoms with van der Waals surface area (Å²) in [7, 11) is 0. The topological polar surface area (TPSA) is 72.7 Å². The molecule has 1 heterocycles. The number of ether oxygens (including phenoxy) is 1. The summed E-state index contributed by atoms with van der Waals surface area (Å²) in [5.74, 6) is 0. The molecule has 6 heteroatoms. The molecule has 1 aliphatic rings. The molecule has 0 bridgehead atoms. The predicted molar refractivity (Wildman–Crippen MR) is 79.9 cm³/mol. The van der Waals surface area contributed by atoms with E-state index in [1.807, 2.05) is 32.6 Å². The fourth-order valence-corrected chi connectivity index (χ4v) is 2.99. The monoisotopic (exact) mass is 292 g/mol. The molecule has 1 aromatic carbocycles. The molecule has 0 saturated carbocycles. The molecule has 1 aliphatic heterocycles. The summed E-state index contributed by atoms with van der Waals surface area (Å²) in [6.45, 7) is 8.97. The van der Waals surface area contributed by atoms with E-state index in [2.05, 4.69) is 0 Å². The number of rotatable bonds is 3. The number of benzene rings is 1. The van der Waals surface area contributed by atoms with Gasteiger partial charge in [-0.25, -0.2) is 0 Å². The first-order chi connectivity index (χ1) is 9.63. The third-order valence-electron chi connectivity index (χ3n) is 3.37. The van der Waals surface area contributed by atoms with Gasteiger partial charge in [-0.15, -0.1) is 0 Å². The minimum Gasteiger partial charge on any atom is -0.366 e. The molecule has 0 N–H and O–H groups in total. The molecular formula is C15H20N2O4. The van der Waals surface area contributed by atoms with Crippen LogP contribution in [-0.2, 0) is 4.74 Å². The van der Waals surface area contributed by atoms with Gasteiger partial charge in [0.05, 0.1) is 16.1 Å². The Bertz CT molecular complexity index is 565. The van der Waals surface area contributed by atoms with Crippen LogP contribution < -0.4 is 4.90 Å². The number of nitro benzene ring substituents is 1. The Hall–Kier alpha value is -1.95. The molecule has 0 aliphatic carbocycles. The largest absolute Gasteiger partial charge is 0.366 e. The molecule has 6 nitrogen and oxygen atoms in total. The number of nitro groups is 1. The van der Waals surface area contributed by atoms with Crippen LogP contribution in [0, 0.1) is 10.1 Å². The van der Waals surface area contributed by atoms with Gasteiger partial charge in [0.25, 0.3) is 5.69 Å². The molecule has 0 aromatic heterocycles. The molecule has 1 fully saturated rings. The van der Waals surface area contributed by atoms with E-state index in [0.717, 1.165) is 0 Å². The second-order valence-electron chi connectivity index (χ2n) is 6.60. The van der Waals surface area contributed by atoms with E-state index in [0.29, 0.717) is 30.6 Å². The standard InChI is InChI=1S/C15H20N2O4/c1-14(2)9-16(10-15(3,4)21-14)12-6-5-11(8-18)7-13(12)17(19)20/h5-8H,9-10H2,1-4H3. The fraction of sp³-hybridized carbons (Fsp3) is 0.533. The van der Waals surface area contributed by atoms with Gasteiger partial charge in [0.1, 0.15) is 12.0 Å². The Kier molecular flexibility index (Phi) is 3.76. The highest BCUT2D eigenvalue weighted by atomic mass is 16.6. The van der Waals surface area contributed by atoms with Gasteiger partial charge in [0.15, 0.2) is 0 Å². The summed E-state index contributed by atoms with van der Waals surface area (Å²) in [4.78, 5) is 23.6. The van der Waals surface area contributed by atoms with Gasteiger partial charge < -0.3 is 9.64 Å². The summed E-state index contributed by atoms with van der Waals surface area (Å²) in [5, 5.41) is 11.3. The van der Waals surface area contributed by atoms with Crippen molar-refractivity contribution in [1.82, 2.24) is 0 Å². The molecule has 0 unspecified atom stereocenters. The van der Waals surface area contributed by atoms with Crippen molar-refractivity contribution in [2.45, 2.75) is 38.9 Å². The Morgan fingerprint density at radius 3 is 2.29 bits per heavy atom. The number of morpholine rings is 1. The fourth-order valence-electron chi connectivity index (χ4n) is 2.99. The average Bonchev–Trinajstić information content (AvgIpc) is 2.34. The Morgan fingerprint density at radius 2 is 1.81 bits per heavy atom. The lowest BCUT2D eigenvalue weighted by Crippen LogP contribution is -2.57. The van der Waals surface area contributed by atoms with Crippen LogP contribution in [0.5, 0.6) is 0 Å². The minimum atomic E-state index is -0.447. The molecule has 21 heavy (non-hydrogen) atoms. The molecule has 0 amide bonds. The van der Waals surface area contributed by atoms with E-state index in [1.165, 1.54) is 6.07 Å². The lowest BCUT2D eigenvalue weighted by molar-refractivity contribution is -0.384. The number of hydrogen-bond acceptors (Lipinski definition) is 5. The maximum atomic E-state index is 11.3. The number of aldehydes is 1. The molecule has 2 rings (SSSR count). The number of carbonyl (C=O) groups is 1. The van der Waals surface area contributed by atoms with Gasteiger partial charge in [-0.05, 0) is 39.8 Å². The zero-order chi connectivity index (χ0) is 15.8. The highest BCUT2D eigenvalue weighted by Crippen LogP contribution is 2.36. The first-order valence-corrected chi connectivity index (χ1v) is 6.82. The van der Waals surface area contributed by atoms with E-state index >= 15 is 0 Å². The smallest absolute Gasteiger partial charge is 0.293 e. The van der Waals surface area contributed by atoms with Crippen LogP contribution in [0.3, 0.4) is 0 Å². The van der Waals surface area contributed by atoms with Crippen molar-refractivity contribution in [3.63, 3.8) is 0 Å². The van der Waals surface area contributed by atoms with Crippen molar-refractivity contribution >= 4 is 17.7 Å². The van der Waals surface area contributed by atoms with Crippen molar-refractivity contribution in [1.29, 1.82) is 0 Å². The maximum Gasteiger partial charge on any atom is 0.293 e. The van der Waals surface area contributed by atoms with Gasteiger partial charge in [0, 0.05) is 24.7 Å². The molecule has 1 saturated heterocycles. The van der Waals surface area contributed by atoms with Crippen molar-refractivity contribution < 1.29 is 14.5 Å². The summed E-state index contributed by atoms with van der Waals surface area (Å²) in [5.41, 5.74) is -0.0295. The Balaban J connectivity index is 2.45. The zero-order valence-electron chi connectivity index (χ0n) is 12.8. The van der Waals surface area contributed by atoms with Crippen LogP contribution >= 0.6 is 0 Å². The number of anilines is 1. The van der Waals surface area contributed by atoms with Crippen LogP contribution in [0.4, 0.5) is 11.4 Å². The Morgan fingerprint density at radius 1 is 1.24 bits per heavy atom. The van der Waals surface area contributed by atoms with Crippen LogP contribution in [0.2, 0.25) is 0 Å². The van der Waals surface area contributed by atoms with E-state index < -0.39 is 16.1 Å². The lowest BCUT2D eigenvalue weighted by Gasteiger charge is -2.47. The van der Waals surface area contributed by atoms with Gasteiger partial charge in [-0.1, -0.05) is 0 Å². The lowest BCUT2D eigenvalue weighted by atomic mass is 9.98. The van der Waals surface area contributed by atoms with Gasteiger partial charge in [-0.3, -0.25) is 14.9 Å². The normalized spacial score (nSPS) is 20.1. The van der Waals surface area contributed by atoms with Crippen molar-refractivity contribution in [2.75, 3.05) is 18.0 Å². The van der Waals surface area contributed by atoms with E-state index in [9.17, 15) is 14.9 Å². The van der Waals surface area contributed by atoms with Gasteiger partial charge in [-0.2, -0.15) is 0 Å². The molecule has 1 aromatic rings.